The molecule has 0 aliphatic rings. The van der Waals surface area contributed by atoms with E-state index in [1.807, 2.05) is 25.1 Å². The van der Waals surface area contributed by atoms with E-state index in [1.165, 1.54) is 6.08 Å². The summed E-state index contributed by atoms with van der Waals surface area (Å²) in [5, 5.41) is 6.41. The maximum absolute atomic E-state index is 11.5. The molecule has 0 aliphatic carbocycles. The standard InChI is InChI=1S/C13H15ClN2OS/c1-2-9-15-13(18)16-12(17)8-7-10-5-3-4-6-11(10)14/h3-8H,2,9H2,1H3,(H2,15,16,17,18)/b8-7+. The number of thiocarbonyl (C=S) groups is 1. The lowest BCUT2D eigenvalue weighted by Crippen LogP contribution is -2.38. The van der Waals surface area contributed by atoms with Crippen molar-refractivity contribution in [3.8, 4) is 0 Å². The molecule has 1 amide bonds. The number of hydrogen-bond acceptors (Lipinski definition) is 2. The Bertz CT molecular complexity index is 460. The van der Waals surface area contributed by atoms with E-state index in [2.05, 4.69) is 10.6 Å². The molecule has 0 saturated heterocycles. The van der Waals surface area contributed by atoms with Gasteiger partial charge in [-0.15, -0.1) is 0 Å². The van der Waals surface area contributed by atoms with Crippen LogP contribution < -0.4 is 10.6 Å². The summed E-state index contributed by atoms with van der Waals surface area (Å²) in [6.45, 7) is 2.77. The highest BCUT2D eigenvalue weighted by Crippen LogP contribution is 2.15. The van der Waals surface area contributed by atoms with Crippen LogP contribution in [0.1, 0.15) is 18.9 Å². The predicted octanol–water partition coefficient (Wildman–Crippen LogP) is 2.75. The normalized spacial score (nSPS) is 10.3. The number of rotatable bonds is 4. The summed E-state index contributed by atoms with van der Waals surface area (Å²) >= 11 is 10.9. The summed E-state index contributed by atoms with van der Waals surface area (Å²) in [4.78, 5) is 11.5. The number of carbonyl (C=O) groups is 1. The van der Waals surface area contributed by atoms with Crippen molar-refractivity contribution in [2.24, 2.45) is 0 Å². The first kappa shape index (κ1) is 14.7. The number of carbonyl (C=O) groups excluding carboxylic acids is 1. The lowest BCUT2D eigenvalue weighted by atomic mass is 10.2. The topological polar surface area (TPSA) is 41.1 Å². The van der Waals surface area contributed by atoms with Gasteiger partial charge >= 0.3 is 0 Å². The Labute approximate surface area is 117 Å². The van der Waals surface area contributed by atoms with E-state index in [4.69, 9.17) is 23.8 Å². The Morgan fingerprint density at radius 2 is 2.17 bits per heavy atom. The maximum Gasteiger partial charge on any atom is 0.250 e. The number of hydrogen-bond donors (Lipinski definition) is 2. The van der Waals surface area contributed by atoms with Crippen molar-refractivity contribution in [3.63, 3.8) is 0 Å². The Morgan fingerprint density at radius 3 is 2.83 bits per heavy atom. The van der Waals surface area contributed by atoms with E-state index in [0.29, 0.717) is 10.1 Å². The maximum atomic E-state index is 11.5. The third-order valence-electron chi connectivity index (χ3n) is 2.09. The third kappa shape index (κ3) is 5.29. The predicted molar refractivity (Wildman–Crippen MR) is 79.5 cm³/mol. The van der Waals surface area contributed by atoms with Crippen LogP contribution in [0.15, 0.2) is 30.3 Å². The molecule has 18 heavy (non-hydrogen) atoms. The van der Waals surface area contributed by atoms with Gasteiger partial charge in [0, 0.05) is 17.6 Å². The minimum absolute atomic E-state index is 0.275. The van der Waals surface area contributed by atoms with E-state index < -0.39 is 0 Å². The molecule has 0 spiro atoms. The van der Waals surface area contributed by atoms with Crippen LogP contribution in [-0.2, 0) is 4.79 Å². The van der Waals surface area contributed by atoms with E-state index in [0.717, 1.165) is 18.5 Å². The van der Waals surface area contributed by atoms with Crippen molar-refractivity contribution in [2.75, 3.05) is 6.54 Å². The molecule has 0 bridgehead atoms. The Hall–Kier alpha value is -1.39. The lowest BCUT2D eigenvalue weighted by Gasteiger charge is -2.05. The molecule has 1 aromatic carbocycles. The van der Waals surface area contributed by atoms with Crippen LogP contribution in [0.3, 0.4) is 0 Å². The van der Waals surface area contributed by atoms with Gasteiger partial charge in [-0.25, -0.2) is 0 Å². The smallest absolute Gasteiger partial charge is 0.250 e. The fraction of sp³-hybridized carbons (Fsp3) is 0.231. The SMILES string of the molecule is CCCNC(=S)NC(=O)/C=C/c1ccccc1Cl. The minimum atomic E-state index is -0.275. The van der Waals surface area contributed by atoms with Gasteiger partial charge in [0.05, 0.1) is 0 Å². The van der Waals surface area contributed by atoms with Crippen LogP contribution in [0.25, 0.3) is 6.08 Å². The molecule has 0 fully saturated rings. The van der Waals surface area contributed by atoms with Gasteiger partial charge in [0.1, 0.15) is 0 Å². The van der Waals surface area contributed by atoms with E-state index in [9.17, 15) is 4.79 Å². The van der Waals surface area contributed by atoms with Crippen molar-refractivity contribution in [2.45, 2.75) is 13.3 Å². The second kappa shape index (κ2) is 7.84. The fourth-order valence-electron chi connectivity index (χ4n) is 1.21. The van der Waals surface area contributed by atoms with Gasteiger partial charge in [-0.1, -0.05) is 36.7 Å². The van der Waals surface area contributed by atoms with Crippen molar-refractivity contribution >= 4 is 40.9 Å². The molecule has 0 aromatic heterocycles. The third-order valence-corrected chi connectivity index (χ3v) is 2.68. The number of amides is 1. The van der Waals surface area contributed by atoms with Gasteiger partial charge in [-0.2, -0.15) is 0 Å². The first-order valence-electron chi connectivity index (χ1n) is 5.65. The van der Waals surface area contributed by atoms with Crippen LogP contribution in [-0.4, -0.2) is 17.6 Å². The largest absolute Gasteiger partial charge is 0.362 e. The van der Waals surface area contributed by atoms with Crippen molar-refractivity contribution in [1.82, 2.24) is 10.6 Å². The van der Waals surface area contributed by atoms with Gasteiger partial charge in [0.15, 0.2) is 5.11 Å². The molecule has 5 heteroatoms. The number of nitrogens with one attached hydrogen (secondary N) is 2. The highest BCUT2D eigenvalue weighted by Gasteiger charge is 2.00. The molecule has 1 aromatic rings. The molecule has 96 valence electrons. The molecule has 0 heterocycles. The Kier molecular flexibility index (Phi) is 6.39. The molecule has 0 radical (unpaired) electrons. The fourth-order valence-corrected chi connectivity index (χ4v) is 1.61. The van der Waals surface area contributed by atoms with Crippen LogP contribution in [0.5, 0.6) is 0 Å². The minimum Gasteiger partial charge on any atom is -0.362 e. The zero-order valence-corrected chi connectivity index (χ0v) is 11.6. The number of halogens is 1. The highest BCUT2D eigenvalue weighted by atomic mass is 35.5. The first-order valence-corrected chi connectivity index (χ1v) is 6.43. The Morgan fingerprint density at radius 1 is 1.44 bits per heavy atom. The van der Waals surface area contributed by atoms with Crippen molar-refractivity contribution < 1.29 is 4.79 Å². The van der Waals surface area contributed by atoms with Gasteiger partial charge in [0.25, 0.3) is 0 Å². The van der Waals surface area contributed by atoms with Gasteiger partial charge in [-0.3, -0.25) is 10.1 Å². The van der Waals surface area contributed by atoms with Crippen molar-refractivity contribution in [1.29, 1.82) is 0 Å². The summed E-state index contributed by atoms with van der Waals surface area (Å²) in [5.41, 5.74) is 0.793. The zero-order valence-electron chi connectivity index (χ0n) is 10.1. The van der Waals surface area contributed by atoms with E-state index in [-0.39, 0.29) is 5.91 Å². The monoisotopic (exact) mass is 282 g/mol. The average molecular weight is 283 g/mol. The van der Waals surface area contributed by atoms with Crippen molar-refractivity contribution in [3.05, 3.63) is 40.9 Å². The second-order valence-corrected chi connectivity index (χ2v) is 4.42. The summed E-state index contributed by atoms with van der Waals surface area (Å²) in [7, 11) is 0. The highest BCUT2D eigenvalue weighted by molar-refractivity contribution is 7.80. The van der Waals surface area contributed by atoms with Crippen LogP contribution in [0, 0.1) is 0 Å². The molecule has 1 rings (SSSR count). The molecule has 0 atom stereocenters. The Balaban J connectivity index is 2.50. The lowest BCUT2D eigenvalue weighted by molar-refractivity contribution is -0.115. The molecule has 2 N–H and O–H groups in total. The van der Waals surface area contributed by atoms with Gasteiger partial charge in [-0.05, 0) is 36.3 Å². The summed E-state index contributed by atoms with van der Waals surface area (Å²) in [6, 6.07) is 7.30. The van der Waals surface area contributed by atoms with Crippen LogP contribution >= 0.6 is 23.8 Å². The van der Waals surface area contributed by atoms with Gasteiger partial charge < -0.3 is 5.32 Å². The van der Waals surface area contributed by atoms with Gasteiger partial charge in [0.2, 0.25) is 5.91 Å². The second-order valence-electron chi connectivity index (χ2n) is 3.60. The molecule has 3 nitrogen and oxygen atoms in total. The number of benzene rings is 1. The van der Waals surface area contributed by atoms with E-state index >= 15 is 0 Å². The summed E-state index contributed by atoms with van der Waals surface area (Å²) < 4.78 is 0. The zero-order chi connectivity index (χ0) is 13.4. The molecule has 0 saturated carbocycles. The average Bonchev–Trinajstić information content (AvgIpc) is 2.35. The van der Waals surface area contributed by atoms with Crippen LogP contribution in [0.2, 0.25) is 5.02 Å². The van der Waals surface area contributed by atoms with Crippen LogP contribution in [0.4, 0.5) is 0 Å². The first-order chi connectivity index (χ1) is 8.63. The summed E-state index contributed by atoms with van der Waals surface area (Å²) in [5.74, 6) is -0.275. The molecule has 0 aliphatic heterocycles. The molecular formula is C13H15ClN2OS. The van der Waals surface area contributed by atoms with E-state index in [1.54, 1.807) is 12.1 Å². The molecule has 0 unspecified atom stereocenters. The summed E-state index contributed by atoms with van der Waals surface area (Å²) in [6.07, 6.45) is 4.01. The quantitative estimate of drug-likeness (QED) is 0.659. The molecular weight excluding hydrogens is 268 g/mol.